The van der Waals surface area contributed by atoms with Gasteiger partial charge < -0.3 is 4.90 Å². The Labute approximate surface area is 183 Å². The van der Waals surface area contributed by atoms with Crippen molar-refractivity contribution in [3.63, 3.8) is 0 Å². The van der Waals surface area contributed by atoms with Crippen LogP contribution in [0.1, 0.15) is 63.4 Å². The zero-order valence-electron chi connectivity index (χ0n) is 18.7. The first-order valence-corrected chi connectivity index (χ1v) is 11.4. The van der Waals surface area contributed by atoms with E-state index < -0.39 is 0 Å². The van der Waals surface area contributed by atoms with E-state index in [2.05, 4.69) is 6.92 Å². The van der Waals surface area contributed by atoms with Gasteiger partial charge in [0.05, 0.1) is 22.6 Å². The summed E-state index contributed by atoms with van der Waals surface area (Å²) in [6, 6.07) is 15.0. The molecule has 1 saturated carbocycles. The molecule has 2 aromatic carbocycles. The topological polar surface area (TPSA) is 55.2 Å². The fraction of sp³-hybridized carbons (Fsp3) is 0.423. The standard InChI is InChI=1S/C26H31N3O2/c1-4-16-28(25(30)20-11-5-6-12-20)19(3)24-27-23-15-8-7-14-22(23)26(31)29(24)21-13-9-10-18(2)17-21/h7-10,13-15,17,19-20H,4-6,11-12,16H2,1-3H3. The lowest BCUT2D eigenvalue weighted by Gasteiger charge is -2.32. The van der Waals surface area contributed by atoms with Crippen molar-refractivity contribution in [2.45, 2.75) is 58.9 Å². The lowest BCUT2D eigenvalue weighted by Crippen LogP contribution is -2.40. The summed E-state index contributed by atoms with van der Waals surface area (Å²) in [6.45, 7) is 6.76. The Balaban J connectivity index is 1.89. The summed E-state index contributed by atoms with van der Waals surface area (Å²) in [5.74, 6) is 0.910. The van der Waals surface area contributed by atoms with Crippen LogP contribution in [0.4, 0.5) is 0 Å². The van der Waals surface area contributed by atoms with Gasteiger partial charge >= 0.3 is 0 Å². The maximum absolute atomic E-state index is 13.6. The van der Waals surface area contributed by atoms with E-state index in [-0.39, 0.29) is 23.4 Å². The third-order valence-corrected chi connectivity index (χ3v) is 6.35. The van der Waals surface area contributed by atoms with Gasteiger partial charge in [-0.1, -0.05) is 44.0 Å². The van der Waals surface area contributed by atoms with Crippen LogP contribution >= 0.6 is 0 Å². The molecular weight excluding hydrogens is 386 g/mol. The number of nitrogens with zero attached hydrogens (tertiary/aromatic N) is 3. The first kappa shape index (κ1) is 21.3. The number of aromatic nitrogens is 2. The predicted octanol–water partition coefficient (Wildman–Crippen LogP) is 5.18. The highest BCUT2D eigenvalue weighted by Crippen LogP contribution is 2.31. The maximum atomic E-state index is 13.6. The smallest absolute Gasteiger partial charge is 0.266 e. The molecule has 0 saturated heterocycles. The Morgan fingerprint density at radius 2 is 1.90 bits per heavy atom. The second kappa shape index (κ2) is 9.04. The van der Waals surface area contributed by atoms with Crippen LogP contribution < -0.4 is 5.56 Å². The molecule has 5 heteroatoms. The Morgan fingerprint density at radius 1 is 1.16 bits per heavy atom. The molecule has 0 aliphatic heterocycles. The first-order valence-electron chi connectivity index (χ1n) is 11.4. The van der Waals surface area contributed by atoms with Crippen LogP contribution in [-0.2, 0) is 4.79 Å². The molecule has 1 unspecified atom stereocenters. The Bertz CT molecular complexity index is 1140. The first-order chi connectivity index (χ1) is 15.0. The highest BCUT2D eigenvalue weighted by molar-refractivity contribution is 5.80. The van der Waals surface area contributed by atoms with Crippen molar-refractivity contribution in [1.82, 2.24) is 14.5 Å². The average molecular weight is 418 g/mol. The number of carbonyl (C=O) groups excluding carboxylic acids is 1. The number of aryl methyl sites for hydroxylation is 1. The molecule has 3 aromatic rings. The molecule has 0 bridgehead atoms. The summed E-state index contributed by atoms with van der Waals surface area (Å²) >= 11 is 0. The molecule has 1 amide bonds. The minimum atomic E-state index is -0.300. The zero-order chi connectivity index (χ0) is 22.0. The van der Waals surface area contributed by atoms with Crippen LogP contribution in [0.15, 0.2) is 53.3 Å². The Morgan fingerprint density at radius 3 is 2.61 bits per heavy atom. The molecule has 1 fully saturated rings. The number of amides is 1. The second-order valence-electron chi connectivity index (χ2n) is 8.66. The normalized spacial score (nSPS) is 15.3. The van der Waals surface area contributed by atoms with Gasteiger partial charge in [-0.3, -0.25) is 14.2 Å². The lowest BCUT2D eigenvalue weighted by atomic mass is 10.0. The van der Waals surface area contributed by atoms with Crippen molar-refractivity contribution in [3.8, 4) is 5.69 Å². The van der Waals surface area contributed by atoms with Crippen LogP contribution in [0.5, 0.6) is 0 Å². The van der Waals surface area contributed by atoms with Crippen LogP contribution in [0, 0.1) is 12.8 Å². The predicted molar refractivity (Wildman–Crippen MR) is 124 cm³/mol. The molecule has 1 heterocycles. The summed E-state index contributed by atoms with van der Waals surface area (Å²) in [6.07, 6.45) is 5.02. The fourth-order valence-electron chi connectivity index (χ4n) is 4.73. The van der Waals surface area contributed by atoms with Gasteiger partial charge in [0.2, 0.25) is 5.91 Å². The van der Waals surface area contributed by atoms with Crippen LogP contribution in [-0.4, -0.2) is 26.9 Å². The molecule has 0 radical (unpaired) electrons. The number of benzene rings is 2. The van der Waals surface area contributed by atoms with E-state index in [0.717, 1.165) is 43.4 Å². The van der Waals surface area contributed by atoms with Crippen molar-refractivity contribution in [2.75, 3.05) is 6.54 Å². The van der Waals surface area contributed by atoms with E-state index in [1.807, 2.05) is 67.3 Å². The molecule has 31 heavy (non-hydrogen) atoms. The number of para-hydroxylation sites is 1. The number of hydrogen-bond acceptors (Lipinski definition) is 3. The molecule has 1 aliphatic carbocycles. The van der Waals surface area contributed by atoms with Gasteiger partial charge in [-0.05, 0) is 62.9 Å². The van der Waals surface area contributed by atoms with Crippen molar-refractivity contribution >= 4 is 16.8 Å². The van der Waals surface area contributed by atoms with Crippen molar-refractivity contribution in [1.29, 1.82) is 0 Å². The third-order valence-electron chi connectivity index (χ3n) is 6.35. The molecule has 1 aromatic heterocycles. The van der Waals surface area contributed by atoms with Crippen molar-refractivity contribution in [3.05, 3.63) is 70.3 Å². The molecule has 0 spiro atoms. The fourth-order valence-corrected chi connectivity index (χ4v) is 4.73. The van der Waals surface area contributed by atoms with E-state index in [4.69, 9.17) is 4.98 Å². The minimum Gasteiger partial charge on any atom is -0.333 e. The van der Waals surface area contributed by atoms with E-state index >= 15 is 0 Å². The highest BCUT2D eigenvalue weighted by Gasteiger charge is 2.32. The summed E-state index contributed by atoms with van der Waals surface area (Å²) in [4.78, 5) is 33.9. The summed E-state index contributed by atoms with van der Waals surface area (Å²) in [5, 5.41) is 0.587. The Hall–Kier alpha value is -2.95. The summed E-state index contributed by atoms with van der Waals surface area (Å²) in [7, 11) is 0. The minimum absolute atomic E-state index is 0.0913. The maximum Gasteiger partial charge on any atom is 0.266 e. The monoisotopic (exact) mass is 417 g/mol. The van der Waals surface area contributed by atoms with Gasteiger partial charge in [-0.15, -0.1) is 0 Å². The van der Waals surface area contributed by atoms with Crippen LogP contribution in [0.2, 0.25) is 0 Å². The van der Waals surface area contributed by atoms with E-state index in [0.29, 0.717) is 23.3 Å². The largest absolute Gasteiger partial charge is 0.333 e. The second-order valence-corrected chi connectivity index (χ2v) is 8.66. The molecule has 162 valence electrons. The van der Waals surface area contributed by atoms with Gasteiger partial charge in [-0.25, -0.2) is 4.98 Å². The van der Waals surface area contributed by atoms with Gasteiger partial charge in [0.15, 0.2) is 0 Å². The Kier molecular flexibility index (Phi) is 6.21. The van der Waals surface area contributed by atoms with E-state index in [9.17, 15) is 9.59 Å². The summed E-state index contributed by atoms with van der Waals surface area (Å²) < 4.78 is 1.70. The molecule has 5 nitrogen and oxygen atoms in total. The van der Waals surface area contributed by atoms with Gasteiger partial charge in [0.1, 0.15) is 5.82 Å². The number of fused-ring (bicyclic) bond motifs is 1. The quantitative estimate of drug-likeness (QED) is 0.555. The third kappa shape index (κ3) is 4.14. The summed E-state index contributed by atoms with van der Waals surface area (Å²) in [5.41, 5.74) is 2.43. The van der Waals surface area contributed by atoms with Crippen molar-refractivity contribution < 1.29 is 4.79 Å². The van der Waals surface area contributed by atoms with E-state index in [1.165, 1.54) is 0 Å². The number of hydrogen-bond donors (Lipinski definition) is 0. The van der Waals surface area contributed by atoms with Crippen LogP contribution in [0.3, 0.4) is 0 Å². The van der Waals surface area contributed by atoms with Gasteiger partial charge in [0, 0.05) is 12.5 Å². The molecule has 1 aliphatic rings. The average Bonchev–Trinajstić information content (AvgIpc) is 3.31. The SMILES string of the molecule is CCCN(C(=O)C1CCCC1)C(C)c1nc2ccccc2c(=O)n1-c1cccc(C)c1. The number of rotatable bonds is 6. The molecule has 0 N–H and O–H groups in total. The van der Waals surface area contributed by atoms with Gasteiger partial charge in [-0.2, -0.15) is 0 Å². The molecular formula is C26H31N3O2. The molecule has 1 atom stereocenters. The number of carbonyl (C=O) groups is 1. The lowest BCUT2D eigenvalue weighted by molar-refractivity contribution is -0.137. The van der Waals surface area contributed by atoms with Crippen LogP contribution in [0.25, 0.3) is 16.6 Å². The molecule has 4 rings (SSSR count). The van der Waals surface area contributed by atoms with E-state index in [1.54, 1.807) is 4.57 Å². The van der Waals surface area contributed by atoms with Gasteiger partial charge in [0.25, 0.3) is 5.56 Å². The zero-order valence-corrected chi connectivity index (χ0v) is 18.7. The van der Waals surface area contributed by atoms with Crippen molar-refractivity contribution in [2.24, 2.45) is 5.92 Å². The highest BCUT2D eigenvalue weighted by atomic mass is 16.2.